The number of fused-ring (bicyclic) bond motifs is 2. The molecule has 4 saturated carbocycles. The van der Waals surface area contributed by atoms with Crippen molar-refractivity contribution in [3.63, 3.8) is 0 Å². The zero-order valence-corrected chi connectivity index (χ0v) is 85.6. The van der Waals surface area contributed by atoms with Crippen molar-refractivity contribution in [1.29, 1.82) is 0 Å². The number of phenols is 2. The van der Waals surface area contributed by atoms with Crippen LogP contribution in [0.2, 0.25) is 19.6 Å². The summed E-state index contributed by atoms with van der Waals surface area (Å²) in [4.78, 5) is 50.6. The number of Topliss-reactive ketones (excluding diaryl/α,β-unsaturated/α-hetero) is 3. The van der Waals surface area contributed by atoms with E-state index in [0.29, 0.717) is 117 Å². The number of halogens is 8. The molecule has 5 aromatic carbocycles. The number of methoxy groups -OCH3 is 9. The Morgan fingerprint density at radius 3 is 1.42 bits per heavy atom. The Bertz CT molecular complexity index is 5170. The lowest BCUT2D eigenvalue weighted by molar-refractivity contribution is -0.283. The Hall–Kier alpha value is -4.13. The number of rotatable bonds is 10. The number of ketones is 3. The standard InChI is InChI=1S/C19H23Br2NO4.C19H22BrNO4.C18H20BrNO4.C17H18BrNO3.C17H20BrNO3.C3H9ClSi.BrH/c1-23-13-8-11(20)9-6-12-10-7-14(21)19(24-2,25-3)17-18(10,4-5-22-12)15(9)16(13)26-17;1-22-14-9-12(20)10-8-13-11-4-5-19(23-2,24-3)17-18(11,6-7-21-13)15(10)16(14)25-17;1-24-15-7-13(19)11-6-14-12-3-2-10(22)8-18(12,16(11)17(15)23)4-5-20(14)9-21;1-21-13-7-10(18)8-6-11-9-2-3-12(20)16-17(9,4-5-19-11)14(8)15(13)22-16;1-22-14-7-12(18)10-6-13-11-3-2-9(20)8-17(11,4-5-19-13)15(10)16(14)21;1-5(2,3)4;/h8,10,12,14,17,22H,4-7H2,1-3H3;4-5,9,11,13,17,21H,6-8H2,1-3H3;7,9,12,14,23H,2-6,8H2,1H3;7,9,11,16,19H,2-6H2,1H3;7,11,13,19,21H,2-6,8H2,1H3;1-3H3;1H. The maximum absolute atomic E-state index is 12.6. The van der Waals surface area contributed by atoms with E-state index in [4.69, 9.17) is 67.9 Å². The van der Waals surface area contributed by atoms with Crippen LogP contribution in [0.3, 0.4) is 0 Å². The molecule has 0 aromatic heterocycles. The molecule has 3 spiro atoms. The molecule has 5 saturated heterocycles. The minimum Gasteiger partial charge on any atom is -0.504 e. The van der Waals surface area contributed by atoms with Crippen molar-refractivity contribution >= 4 is 155 Å². The number of carbonyl (C=O) groups is 4. The van der Waals surface area contributed by atoms with E-state index in [0.717, 1.165) is 189 Å². The van der Waals surface area contributed by atoms with E-state index in [1.807, 2.05) is 35.2 Å². The molecule has 5 aromatic rings. The SMILES string of the molecule is Br.COc1cc(Br)c2c(c1O)C13CCN(C=O)C(C2)C1CCC(=O)C3.COc1cc(Br)c2c(c1O)C13CCNC(C2)C1CCC(=O)C3.COc1cc(Br)c2c3c1OC1C(=O)CCC4C(C2)NCCC314.COc1cc(Br)c2c3c1OC1C(OC)(OC)C(Br)CC4C(C2)NCCC341.COc1cc(Br)c2c3c1OC1C(OC)(OC)C=CC4C(C2)NCCC341.C[Si](C)(C)Cl. The second-order valence-corrected chi connectivity index (χ2v) is 50.9. The number of alkyl halides is 1. The maximum atomic E-state index is 12.6. The second-order valence-electron chi connectivity index (χ2n) is 38.0. The fraction of sp³-hybridized carbons (Fsp3) is 0.613. The van der Waals surface area contributed by atoms with Crippen molar-refractivity contribution in [2.24, 2.45) is 29.6 Å². The van der Waals surface area contributed by atoms with E-state index in [2.05, 4.69) is 143 Å². The highest BCUT2D eigenvalue weighted by atomic mass is 79.9. The lowest BCUT2D eigenvalue weighted by atomic mass is 9.51. The van der Waals surface area contributed by atoms with Gasteiger partial charge in [0.2, 0.25) is 18.0 Å². The first-order valence-corrected chi connectivity index (χ1v) is 53.1. The Labute approximate surface area is 798 Å². The summed E-state index contributed by atoms with van der Waals surface area (Å²) < 4.78 is 76.0. The number of hydrogen-bond acceptors (Lipinski definition) is 22. The van der Waals surface area contributed by atoms with Gasteiger partial charge in [-0.15, -0.1) is 17.0 Å². The molecule has 19 atom stereocenters. The highest BCUT2D eigenvalue weighted by molar-refractivity contribution is 9.11. The summed E-state index contributed by atoms with van der Waals surface area (Å²) >= 11 is 28.1. The highest BCUT2D eigenvalue weighted by Crippen LogP contribution is 2.70. The van der Waals surface area contributed by atoms with Crippen molar-refractivity contribution in [3.8, 4) is 57.5 Å². The number of nitrogens with zero attached hydrogens (tertiary/aromatic N) is 1. The number of aromatic hydroxyl groups is 2. The van der Waals surface area contributed by atoms with Gasteiger partial charge < -0.3 is 93.2 Å². The van der Waals surface area contributed by atoms with Crippen molar-refractivity contribution in [3.05, 3.63) is 120 Å². The van der Waals surface area contributed by atoms with Crippen LogP contribution in [0.4, 0.5) is 0 Å². The molecule has 9 fully saturated rings. The van der Waals surface area contributed by atoms with Crippen LogP contribution in [-0.4, -0.2) is 208 Å². The van der Waals surface area contributed by atoms with Gasteiger partial charge in [0.15, 0.2) is 81.6 Å². The quantitative estimate of drug-likeness (QED) is 0.0189. The number of phenolic OH excluding ortho intramolecular Hbond substituents is 2. The molecule has 10 aliphatic carbocycles. The number of benzene rings is 5. The Morgan fingerprint density at radius 1 is 0.496 bits per heavy atom. The number of carbonyl (C=O) groups excluding carboxylic acids is 4. The summed E-state index contributed by atoms with van der Waals surface area (Å²) in [5.41, 5.74) is 10.8. The van der Waals surface area contributed by atoms with Crippen LogP contribution in [-0.2, 0) is 97.3 Å². The average Bonchev–Trinajstić information content (AvgIpc) is 1.52. The zero-order valence-electron chi connectivity index (χ0n) is 72.6. The zero-order chi connectivity index (χ0) is 87.8. The van der Waals surface area contributed by atoms with E-state index < -0.39 is 19.0 Å². The minimum atomic E-state index is -1.14. The molecular formula is C93H113Br7ClN5O18Si. The largest absolute Gasteiger partial charge is 0.504 e. The number of nitrogens with one attached hydrogen (secondary N) is 4. The fourth-order valence-electron chi connectivity index (χ4n) is 27.4. The van der Waals surface area contributed by atoms with Crippen molar-refractivity contribution in [2.75, 3.05) is 96.7 Å². The second kappa shape index (κ2) is 34.7. The molecule has 23 rings (SSSR count). The van der Waals surface area contributed by atoms with Crippen molar-refractivity contribution in [1.82, 2.24) is 26.2 Å². The summed E-state index contributed by atoms with van der Waals surface area (Å²) in [5, 5.41) is 36.5. The van der Waals surface area contributed by atoms with Crippen molar-refractivity contribution in [2.45, 2.75) is 234 Å². The normalized spacial score (nSPS) is 34.1. The van der Waals surface area contributed by atoms with Gasteiger partial charge in [-0.1, -0.05) is 121 Å². The van der Waals surface area contributed by atoms with Gasteiger partial charge in [-0.2, -0.15) is 11.1 Å². The third kappa shape index (κ3) is 14.0. The molecule has 18 aliphatic rings. The van der Waals surface area contributed by atoms with E-state index in [-0.39, 0.29) is 102 Å². The first kappa shape index (κ1) is 92.7. The number of hydrogen-bond donors (Lipinski definition) is 6. The number of ether oxygens (including phenoxy) is 12. The molecule has 1 amide bonds. The molecule has 6 N–H and O–H groups in total. The van der Waals surface area contributed by atoms with Crippen LogP contribution in [0.5, 0.6) is 57.5 Å². The third-order valence-corrected chi connectivity index (χ3v) is 36.6. The Morgan fingerprint density at radius 2 is 0.904 bits per heavy atom. The van der Waals surface area contributed by atoms with Crippen LogP contribution in [0, 0.1) is 29.6 Å². The molecular weight excluding hydrogens is 2100 g/mol. The smallest absolute Gasteiger partial charge is 0.226 e. The van der Waals surface area contributed by atoms with Crippen LogP contribution in [0.15, 0.2) is 64.8 Å². The highest BCUT2D eigenvalue weighted by Gasteiger charge is 2.74. The topological polar surface area (TPSA) is 271 Å². The third-order valence-electron chi connectivity index (χ3n) is 32.1. The van der Waals surface area contributed by atoms with Gasteiger partial charge >= 0.3 is 0 Å². The van der Waals surface area contributed by atoms with Gasteiger partial charge in [0.05, 0.1) is 45.8 Å². The molecule has 19 unspecified atom stereocenters. The summed E-state index contributed by atoms with van der Waals surface area (Å²) in [6, 6.07) is 11.4. The predicted octanol–water partition coefficient (Wildman–Crippen LogP) is 15.9. The fourth-order valence-corrected chi connectivity index (χ4v) is 31.3. The van der Waals surface area contributed by atoms with Gasteiger partial charge in [0, 0.05) is 175 Å². The molecule has 678 valence electrons. The molecule has 10 bridgehead atoms. The maximum Gasteiger partial charge on any atom is 0.226 e. The van der Waals surface area contributed by atoms with Gasteiger partial charge in [-0.05, 0) is 204 Å². The predicted molar refractivity (Wildman–Crippen MR) is 503 cm³/mol. The molecule has 125 heavy (non-hydrogen) atoms. The van der Waals surface area contributed by atoms with Crippen LogP contribution in [0.25, 0.3) is 0 Å². The molecule has 0 radical (unpaired) electrons. The first-order chi connectivity index (χ1) is 59.4. The summed E-state index contributed by atoms with van der Waals surface area (Å²) in [7, 11) is 13.8. The summed E-state index contributed by atoms with van der Waals surface area (Å²) in [6.45, 7) is 10.7. The average molecular weight is 2210 g/mol. The molecule has 8 aliphatic heterocycles. The van der Waals surface area contributed by atoms with Crippen molar-refractivity contribution < 1.29 is 86.2 Å². The minimum absolute atomic E-state index is 0. The van der Waals surface area contributed by atoms with E-state index in [1.54, 1.807) is 62.9 Å². The number of amides is 1. The van der Waals surface area contributed by atoms with Crippen LogP contribution in [0.1, 0.15) is 146 Å². The molecule has 32 heteroatoms. The van der Waals surface area contributed by atoms with Gasteiger partial charge in [0.25, 0.3) is 0 Å². The van der Waals surface area contributed by atoms with Gasteiger partial charge in [-0.25, -0.2) is 0 Å². The Balaban J connectivity index is 0.000000109. The van der Waals surface area contributed by atoms with E-state index in [1.165, 1.54) is 40.5 Å². The lowest BCUT2D eigenvalue weighted by Crippen LogP contribution is -2.73. The Kier molecular flexibility index (Phi) is 25.7. The first-order valence-electron chi connectivity index (χ1n) is 43.7. The van der Waals surface area contributed by atoms with E-state index >= 15 is 0 Å². The van der Waals surface area contributed by atoms with Crippen LogP contribution < -0.4 is 59.2 Å². The van der Waals surface area contributed by atoms with Gasteiger partial charge in [0.1, 0.15) is 19.0 Å². The molecule has 23 nitrogen and oxygen atoms in total. The van der Waals surface area contributed by atoms with E-state index in [9.17, 15) is 29.4 Å². The lowest BCUT2D eigenvalue weighted by Gasteiger charge is -2.60. The summed E-state index contributed by atoms with van der Waals surface area (Å²) in [6.07, 6.45) is 20.2. The number of likely N-dealkylation sites (tertiary alicyclic amines) is 1. The van der Waals surface area contributed by atoms with Crippen LogP contribution >= 0.6 is 124 Å². The monoisotopic (exact) mass is 2200 g/mol. The summed E-state index contributed by atoms with van der Waals surface area (Å²) in [5.74, 6) is 7.27. The van der Waals surface area contributed by atoms with Gasteiger partial charge in [-0.3, -0.25) is 19.2 Å². The number of piperidine rings is 5. The molecule has 8 heterocycles.